The van der Waals surface area contributed by atoms with E-state index in [4.69, 9.17) is 4.74 Å². The Hall–Kier alpha value is -2.82. The van der Waals surface area contributed by atoms with Crippen molar-refractivity contribution in [1.29, 1.82) is 0 Å². The smallest absolute Gasteiger partial charge is 0.255 e. The lowest BCUT2D eigenvalue weighted by molar-refractivity contribution is -0.116. The van der Waals surface area contributed by atoms with Gasteiger partial charge in [-0.3, -0.25) is 9.59 Å². The lowest BCUT2D eigenvalue weighted by Crippen LogP contribution is -2.20. The van der Waals surface area contributed by atoms with Gasteiger partial charge in [-0.25, -0.2) is 0 Å². The highest BCUT2D eigenvalue weighted by Crippen LogP contribution is 2.26. The Morgan fingerprint density at radius 3 is 2.87 bits per heavy atom. The third-order valence-electron chi connectivity index (χ3n) is 3.70. The van der Waals surface area contributed by atoms with Crippen LogP contribution in [0.1, 0.15) is 29.3 Å². The van der Waals surface area contributed by atoms with E-state index in [-0.39, 0.29) is 11.8 Å². The van der Waals surface area contributed by atoms with Crippen LogP contribution >= 0.6 is 0 Å². The quantitative estimate of drug-likeness (QED) is 0.911. The topological polar surface area (TPSA) is 67.4 Å². The molecule has 0 bridgehead atoms. The van der Waals surface area contributed by atoms with Gasteiger partial charge in [-0.15, -0.1) is 0 Å². The number of hydrogen-bond donors (Lipinski definition) is 2. The monoisotopic (exact) mass is 310 g/mol. The van der Waals surface area contributed by atoms with E-state index < -0.39 is 0 Å². The van der Waals surface area contributed by atoms with Crippen LogP contribution in [0.3, 0.4) is 0 Å². The number of ether oxygens (including phenoxy) is 1. The highest BCUT2D eigenvalue weighted by Gasteiger charge is 2.17. The summed E-state index contributed by atoms with van der Waals surface area (Å²) < 4.78 is 5.51. The van der Waals surface area contributed by atoms with Gasteiger partial charge in [0.05, 0.1) is 12.3 Å². The van der Waals surface area contributed by atoms with Gasteiger partial charge in [-0.1, -0.05) is 12.1 Å². The third kappa shape index (κ3) is 3.34. The minimum Gasteiger partial charge on any atom is -0.492 e. The molecule has 0 unspecified atom stereocenters. The highest BCUT2D eigenvalue weighted by atomic mass is 16.5. The first kappa shape index (κ1) is 15.1. The van der Waals surface area contributed by atoms with Crippen molar-refractivity contribution < 1.29 is 14.3 Å². The minimum absolute atomic E-state index is 0.0142. The molecule has 0 fully saturated rings. The number of aryl methyl sites for hydroxylation is 1. The number of rotatable bonds is 4. The zero-order chi connectivity index (χ0) is 16.2. The molecule has 0 radical (unpaired) electrons. The summed E-state index contributed by atoms with van der Waals surface area (Å²) in [4.78, 5) is 23.8. The molecule has 1 aliphatic rings. The molecule has 3 rings (SSSR count). The Balaban J connectivity index is 1.80. The van der Waals surface area contributed by atoms with Crippen molar-refractivity contribution in [2.45, 2.75) is 19.8 Å². The zero-order valence-corrected chi connectivity index (χ0v) is 12.9. The van der Waals surface area contributed by atoms with Crippen LogP contribution in [0.25, 0.3) is 0 Å². The van der Waals surface area contributed by atoms with Crippen LogP contribution in [0.4, 0.5) is 11.4 Å². The van der Waals surface area contributed by atoms with E-state index in [0.717, 1.165) is 11.3 Å². The Morgan fingerprint density at radius 2 is 2.04 bits per heavy atom. The minimum atomic E-state index is -0.197. The molecule has 2 amide bonds. The summed E-state index contributed by atoms with van der Waals surface area (Å²) in [6, 6.07) is 12.7. The molecule has 0 aliphatic carbocycles. The molecule has 5 heteroatoms. The molecule has 2 N–H and O–H groups in total. The van der Waals surface area contributed by atoms with Crippen molar-refractivity contribution in [3.63, 3.8) is 0 Å². The third-order valence-corrected chi connectivity index (χ3v) is 3.70. The van der Waals surface area contributed by atoms with Crippen LogP contribution in [-0.2, 0) is 11.2 Å². The summed E-state index contributed by atoms with van der Waals surface area (Å²) in [6.45, 7) is 2.43. The molecule has 23 heavy (non-hydrogen) atoms. The summed E-state index contributed by atoms with van der Waals surface area (Å²) >= 11 is 0. The molecule has 118 valence electrons. The maximum atomic E-state index is 12.5. The first-order valence-electron chi connectivity index (χ1n) is 7.63. The fourth-order valence-corrected chi connectivity index (χ4v) is 2.57. The Labute approximate surface area is 134 Å². The number of hydrogen-bond acceptors (Lipinski definition) is 3. The normalized spacial score (nSPS) is 13.0. The summed E-state index contributed by atoms with van der Waals surface area (Å²) in [7, 11) is 0. The van der Waals surface area contributed by atoms with E-state index >= 15 is 0 Å². The molecule has 0 atom stereocenters. The Morgan fingerprint density at radius 1 is 1.22 bits per heavy atom. The molecule has 0 saturated heterocycles. The van der Waals surface area contributed by atoms with Gasteiger partial charge in [0.25, 0.3) is 5.91 Å². The number of benzene rings is 2. The summed E-state index contributed by atoms with van der Waals surface area (Å²) in [5, 5.41) is 5.69. The molecule has 5 nitrogen and oxygen atoms in total. The fraction of sp³-hybridized carbons (Fsp3) is 0.222. The number of nitrogens with one attached hydrogen (secondary N) is 2. The first-order valence-corrected chi connectivity index (χ1v) is 7.63. The SMILES string of the molecule is CCOc1ccccc1NC(=O)c1ccc2c(c1)CCC(=O)N2. The first-order chi connectivity index (χ1) is 11.2. The highest BCUT2D eigenvalue weighted by molar-refractivity contribution is 6.06. The second-order valence-electron chi connectivity index (χ2n) is 5.30. The zero-order valence-electron chi connectivity index (χ0n) is 12.9. The van der Waals surface area contributed by atoms with E-state index in [9.17, 15) is 9.59 Å². The van der Waals surface area contributed by atoms with Crippen molar-refractivity contribution in [2.75, 3.05) is 17.2 Å². The van der Waals surface area contributed by atoms with Gasteiger partial charge in [-0.05, 0) is 49.2 Å². The number of carbonyl (C=O) groups excluding carboxylic acids is 2. The van der Waals surface area contributed by atoms with Crippen molar-refractivity contribution in [3.05, 3.63) is 53.6 Å². The van der Waals surface area contributed by atoms with Crippen LogP contribution in [-0.4, -0.2) is 18.4 Å². The molecule has 1 heterocycles. The molecular formula is C18H18N2O3. The van der Waals surface area contributed by atoms with Gasteiger partial charge in [0, 0.05) is 17.7 Å². The van der Waals surface area contributed by atoms with E-state index in [1.54, 1.807) is 12.1 Å². The van der Waals surface area contributed by atoms with E-state index in [1.807, 2.05) is 37.3 Å². The number of amides is 2. The molecule has 2 aromatic rings. The molecule has 1 aliphatic heterocycles. The van der Waals surface area contributed by atoms with Crippen molar-refractivity contribution >= 4 is 23.2 Å². The molecule has 0 aromatic heterocycles. The van der Waals surface area contributed by atoms with E-state index in [1.165, 1.54) is 0 Å². The number of para-hydroxylation sites is 2. The second kappa shape index (κ2) is 6.52. The largest absolute Gasteiger partial charge is 0.492 e. The van der Waals surface area contributed by atoms with Crippen LogP contribution in [0.15, 0.2) is 42.5 Å². The lowest BCUT2D eigenvalue weighted by atomic mass is 10.00. The molecule has 2 aromatic carbocycles. The maximum Gasteiger partial charge on any atom is 0.255 e. The lowest BCUT2D eigenvalue weighted by Gasteiger charge is -2.17. The second-order valence-corrected chi connectivity index (χ2v) is 5.30. The van der Waals surface area contributed by atoms with Gasteiger partial charge >= 0.3 is 0 Å². The standard InChI is InChI=1S/C18H18N2O3/c1-2-23-16-6-4-3-5-15(16)20-18(22)13-7-9-14-12(11-13)8-10-17(21)19-14/h3-7,9,11H,2,8,10H2,1H3,(H,19,21)(H,20,22). The maximum absolute atomic E-state index is 12.5. The van der Waals surface area contributed by atoms with Gasteiger partial charge in [0.1, 0.15) is 5.75 Å². The Kier molecular flexibility index (Phi) is 4.28. The number of fused-ring (bicyclic) bond motifs is 1. The van der Waals surface area contributed by atoms with Crippen molar-refractivity contribution in [1.82, 2.24) is 0 Å². The molecule has 0 spiro atoms. The van der Waals surface area contributed by atoms with Gasteiger partial charge < -0.3 is 15.4 Å². The fourth-order valence-electron chi connectivity index (χ4n) is 2.57. The van der Waals surface area contributed by atoms with Gasteiger partial charge in [-0.2, -0.15) is 0 Å². The molecule has 0 saturated carbocycles. The van der Waals surface area contributed by atoms with E-state index in [2.05, 4.69) is 10.6 Å². The predicted molar refractivity (Wildman–Crippen MR) is 89.0 cm³/mol. The van der Waals surface area contributed by atoms with E-state index in [0.29, 0.717) is 36.4 Å². The average Bonchev–Trinajstić information content (AvgIpc) is 2.56. The molecular weight excluding hydrogens is 292 g/mol. The van der Waals surface area contributed by atoms with Crippen LogP contribution in [0.2, 0.25) is 0 Å². The van der Waals surface area contributed by atoms with Crippen LogP contribution < -0.4 is 15.4 Å². The summed E-state index contributed by atoms with van der Waals surface area (Å²) in [5.41, 5.74) is 2.97. The number of anilines is 2. The average molecular weight is 310 g/mol. The van der Waals surface area contributed by atoms with Crippen molar-refractivity contribution in [2.24, 2.45) is 0 Å². The van der Waals surface area contributed by atoms with Crippen LogP contribution in [0.5, 0.6) is 5.75 Å². The summed E-state index contributed by atoms with van der Waals surface area (Å²) in [6.07, 6.45) is 1.10. The Bertz CT molecular complexity index is 756. The van der Waals surface area contributed by atoms with Gasteiger partial charge in [0.2, 0.25) is 5.91 Å². The van der Waals surface area contributed by atoms with Crippen molar-refractivity contribution in [3.8, 4) is 5.75 Å². The summed E-state index contributed by atoms with van der Waals surface area (Å²) in [5.74, 6) is 0.464. The predicted octanol–water partition coefficient (Wildman–Crippen LogP) is 3.22. The van der Waals surface area contributed by atoms with Crippen LogP contribution in [0, 0.1) is 0 Å². The number of carbonyl (C=O) groups is 2. The van der Waals surface area contributed by atoms with Gasteiger partial charge in [0.15, 0.2) is 0 Å².